The van der Waals surface area contributed by atoms with E-state index in [4.69, 9.17) is 4.84 Å². The Morgan fingerprint density at radius 1 is 1.08 bits per heavy atom. The molecule has 24 heavy (non-hydrogen) atoms. The summed E-state index contributed by atoms with van der Waals surface area (Å²) in [7, 11) is 0. The quantitative estimate of drug-likeness (QED) is 0.801. The number of anilines is 1. The Morgan fingerprint density at radius 2 is 1.96 bits per heavy atom. The van der Waals surface area contributed by atoms with E-state index in [-0.39, 0.29) is 0 Å². The fourth-order valence-electron chi connectivity index (χ4n) is 2.62. The highest BCUT2D eigenvalue weighted by Crippen LogP contribution is 2.28. The first-order valence-corrected chi connectivity index (χ1v) is 7.71. The molecule has 0 saturated heterocycles. The van der Waals surface area contributed by atoms with Crippen LogP contribution in [-0.4, -0.2) is 14.5 Å². The highest BCUT2D eigenvalue weighted by Gasteiger charge is 2.19. The van der Waals surface area contributed by atoms with Crippen LogP contribution < -0.4 is 10.6 Å². The summed E-state index contributed by atoms with van der Waals surface area (Å²) in [6, 6.07) is 12.3. The highest BCUT2D eigenvalue weighted by atomic mass is 16.7. The maximum atomic E-state index is 5.41. The zero-order valence-electron chi connectivity index (χ0n) is 13.3. The summed E-state index contributed by atoms with van der Waals surface area (Å²) >= 11 is 0. The summed E-state index contributed by atoms with van der Waals surface area (Å²) in [5.41, 5.74) is 7.03. The van der Waals surface area contributed by atoms with Gasteiger partial charge in [0.05, 0.1) is 6.20 Å². The summed E-state index contributed by atoms with van der Waals surface area (Å²) < 4.78 is 2.08. The third kappa shape index (κ3) is 2.69. The molecule has 1 N–H and O–H groups in total. The van der Waals surface area contributed by atoms with E-state index in [0.29, 0.717) is 0 Å². The molecule has 1 aliphatic heterocycles. The fourth-order valence-corrected chi connectivity index (χ4v) is 2.62. The molecule has 6 nitrogen and oxygen atoms in total. The van der Waals surface area contributed by atoms with Gasteiger partial charge in [0.25, 0.3) is 0 Å². The molecule has 0 aliphatic carbocycles. The predicted molar refractivity (Wildman–Crippen MR) is 91.6 cm³/mol. The van der Waals surface area contributed by atoms with E-state index in [2.05, 4.69) is 51.2 Å². The number of rotatable bonds is 4. The molecule has 6 heteroatoms. The smallest absolute Gasteiger partial charge is 0.161 e. The van der Waals surface area contributed by atoms with Gasteiger partial charge >= 0.3 is 0 Å². The molecule has 0 radical (unpaired) electrons. The van der Waals surface area contributed by atoms with Crippen molar-refractivity contribution in [3.8, 4) is 11.5 Å². The van der Waals surface area contributed by atoms with Gasteiger partial charge in [-0.25, -0.2) is 4.98 Å². The van der Waals surface area contributed by atoms with Crippen molar-refractivity contribution in [2.75, 3.05) is 5.17 Å². The lowest BCUT2D eigenvalue weighted by Gasteiger charge is -2.19. The van der Waals surface area contributed by atoms with Gasteiger partial charge in [-0.15, -0.1) is 5.17 Å². The van der Waals surface area contributed by atoms with Crippen LogP contribution in [0.5, 0.6) is 0 Å². The Hall–Kier alpha value is -3.28. The Labute approximate surface area is 140 Å². The van der Waals surface area contributed by atoms with E-state index in [9.17, 15) is 0 Å². The third-order valence-corrected chi connectivity index (χ3v) is 3.83. The van der Waals surface area contributed by atoms with E-state index in [1.54, 1.807) is 30.0 Å². The lowest BCUT2D eigenvalue weighted by Crippen LogP contribution is -2.28. The lowest BCUT2D eigenvalue weighted by atomic mass is 10.1. The summed E-state index contributed by atoms with van der Waals surface area (Å²) in [5, 5.41) is 1.56. The molecule has 120 valence electrons. The maximum absolute atomic E-state index is 5.41. The summed E-state index contributed by atoms with van der Waals surface area (Å²) in [6.45, 7) is 2.82. The van der Waals surface area contributed by atoms with Crippen molar-refractivity contribution in [1.29, 1.82) is 0 Å². The van der Waals surface area contributed by atoms with Gasteiger partial charge in [-0.3, -0.25) is 10.4 Å². The minimum absolute atomic E-state index is 0.734. The summed E-state index contributed by atoms with van der Waals surface area (Å²) in [5.74, 6) is 0.795. The van der Waals surface area contributed by atoms with Gasteiger partial charge in [-0.1, -0.05) is 29.8 Å². The summed E-state index contributed by atoms with van der Waals surface area (Å²) in [6.07, 6.45) is 8.81. The molecule has 1 aromatic carbocycles. The number of pyridine rings is 1. The van der Waals surface area contributed by atoms with Gasteiger partial charge in [0.15, 0.2) is 5.82 Å². The van der Waals surface area contributed by atoms with Crippen molar-refractivity contribution >= 4 is 5.69 Å². The molecule has 4 rings (SSSR count). The minimum atomic E-state index is 0.734. The van der Waals surface area contributed by atoms with Crippen molar-refractivity contribution in [3.05, 3.63) is 78.6 Å². The molecule has 0 spiro atoms. The van der Waals surface area contributed by atoms with Gasteiger partial charge in [0, 0.05) is 25.1 Å². The van der Waals surface area contributed by atoms with Crippen LogP contribution in [0, 0.1) is 6.92 Å². The van der Waals surface area contributed by atoms with E-state index >= 15 is 0 Å². The molecule has 1 aliphatic rings. The molecular weight excluding hydrogens is 302 g/mol. The molecule has 0 saturated carbocycles. The van der Waals surface area contributed by atoms with Crippen molar-refractivity contribution in [1.82, 2.24) is 20.0 Å². The second-order valence-corrected chi connectivity index (χ2v) is 5.57. The Morgan fingerprint density at radius 3 is 2.75 bits per heavy atom. The van der Waals surface area contributed by atoms with Gasteiger partial charge in [0.1, 0.15) is 17.6 Å². The molecule has 0 amide bonds. The van der Waals surface area contributed by atoms with Crippen molar-refractivity contribution in [2.24, 2.45) is 0 Å². The SMILES string of the molecule is Cc1ccc(Cn2ccnc2-c2ncccc2N2NC=CO2)cc1. The van der Waals surface area contributed by atoms with Crippen LogP contribution in [0.3, 0.4) is 0 Å². The number of nitrogens with one attached hydrogen (secondary N) is 1. The van der Waals surface area contributed by atoms with Gasteiger partial charge in [0.2, 0.25) is 0 Å². The van der Waals surface area contributed by atoms with Crippen molar-refractivity contribution in [3.63, 3.8) is 0 Å². The molecule has 0 fully saturated rings. The standard InChI is InChI=1S/C18H17N5O/c1-14-4-6-15(7-5-14)13-22-11-9-20-18(22)17-16(3-2-8-19-17)23-21-10-12-24-23/h2-12,21H,13H2,1H3. The Balaban J connectivity index is 1.69. The minimum Gasteiger partial charge on any atom is -0.365 e. The second kappa shape index (κ2) is 6.08. The monoisotopic (exact) mass is 319 g/mol. The maximum Gasteiger partial charge on any atom is 0.161 e. The molecule has 3 heterocycles. The number of benzene rings is 1. The lowest BCUT2D eigenvalue weighted by molar-refractivity contribution is 0.221. The molecular formula is C18H17N5O. The third-order valence-electron chi connectivity index (χ3n) is 3.83. The Kier molecular flexibility index (Phi) is 3.63. The van der Waals surface area contributed by atoms with Crippen molar-refractivity contribution < 1.29 is 4.84 Å². The zero-order chi connectivity index (χ0) is 16.4. The van der Waals surface area contributed by atoms with Gasteiger partial charge in [-0.2, -0.15) is 0 Å². The topological polar surface area (TPSA) is 55.2 Å². The van der Waals surface area contributed by atoms with E-state index < -0.39 is 0 Å². The normalized spacial score (nSPS) is 13.0. The van der Waals surface area contributed by atoms with Crippen LogP contribution in [0.4, 0.5) is 5.69 Å². The van der Waals surface area contributed by atoms with E-state index in [0.717, 1.165) is 23.8 Å². The van der Waals surface area contributed by atoms with Crippen LogP contribution in [0.25, 0.3) is 11.5 Å². The predicted octanol–water partition coefficient (Wildman–Crippen LogP) is 3.03. The first-order chi connectivity index (χ1) is 11.8. The second-order valence-electron chi connectivity index (χ2n) is 5.57. The summed E-state index contributed by atoms with van der Waals surface area (Å²) in [4.78, 5) is 14.4. The molecule has 0 unspecified atom stereocenters. The first kappa shape index (κ1) is 14.3. The largest absolute Gasteiger partial charge is 0.365 e. The van der Waals surface area contributed by atoms with Gasteiger partial charge in [-0.05, 0) is 24.6 Å². The van der Waals surface area contributed by atoms with Crippen LogP contribution in [0.15, 0.2) is 67.5 Å². The average Bonchev–Trinajstić information content (AvgIpc) is 3.29. The number of aryl methyl sites for hydroxylation is 1. The van der Waals surface area contributed by atoms with Crippen LogP contribution in [0.1, 0.15) is 11.1 Å². The number of hydrogen-bond donors (Lipinski definition) is 1. The number of imidazole rings is 1. The molecule has 0 bridgehead atoms. The van der Waals surface area contributed by atoms with Crippen LogP contribution >= 0.6 is 0 Å². The number of nitrogens with zero attached hydrogens (tertiary/aromatic N) is 4. The number of hydrazine groups is 1. The molecule has 0 atom stereocenters. The molecule has 3 aromatic rings. The van der Waals surface area contributed by atoms with Crippen LogP contribution in [-0.2, 0) is 11.4 Å². The first-order valence-electron chi connectivity index (χ1n) is 7.71. The van der Waals surface area contributed by atoms with Gasteiger partial charge < -0.3 is 9.40 Å². The molecule has 2 aromatic heterocycles. The zero-order valence-corrected chi connectivity index (χ0v) is 13.3. The van der Waals surface area contributed by atoms with Crippen LogP contribution in [0.2, 0.25) is 0 Å². The number of hydrogen-bond acceptors (Lipinski definition) is 5. The Bertz CT molecular complexity index is 861. The fraction of sp³-hybridized carbons (Fsp3) is 0.111. The van der Waals surface area contributed by atoms with E-state index in [1.807, 2.05) is 18.3 Å². The average molecular weight is 319 g/mol. The highest BCUT2D eigenvalue weighted by molar-refractivity contribution is 5.69. The van der Waals surface area contributed by atoms with E-state index in [1.165, 1.54) is 11.1 Å². The number of aromatic nitrogens is 3. The van der Waals surface area contributed by atoms with Crippen molar-refractivity contribution in [2.45, 2.75) is 13.5 Å².